The molecular weight excluding hydrogens is 340 g/mol. The van der Waals surface area contributed by atoms with Gasteiger partial charge in [0, 0.05) is 17.1 Å². The zero-order valence-corrected chi connectivity index (χ0v) is 15.4. The molecule has 4 nitrogen and oxygen atoms in total. The Hall–Kier alpha value is -1.92. The largest absolute Gasteiger partial charge is 0.465 e. The molecule has 0 unspecified atom stereocenters. The Balaban J connectivity index is 1.86. The Labute approximate surface area is 151 Å². The molecule has 6 heteroatoms. The molecule has 1 aromatic heterocycles. The normalized spacial score (nSPS) is 13.3. The van der Waals surface area contributed by atoms with Crippen molar-refractivity contribution in [1.29, 1.82) is 0 Å². The molecule has 126 valence electrons. The number of nitrogens with one attached hydrogen (secondary N) is 1. The van der Waals surface area contributed by atoms with Crippen molar-refractivity contribution in [2.45, 2.75) is 26.2 Å². The van der Waals surface area contributed by atoms with E-state index in [2.05, 4.69) is 35.3 Å². The van der Waals surface area contributed by atoms with Crippen LogP contribution in [0, 0.1) is 0 Å². The first-order chi connectivity index (χ1) is 11.6. The zero-order chi connectivity index (χ0) is 17.1. The number of anilines is 2. The second-order valence-corrected chi connectivity index (χ2v) is 7.14. The average molecular weight is 361 g/mol. The summed E-state index contributed by atoms with van der Waals surface area (Å²) >= 11 is 7.18. The predicted molar refractivity (Wildman–Crippen MR) is 103 cm³/mol. The number of benzene rings is 1. The van der Waals surface area contributed by atoms with Gasteiger partial charge in [-0.2, -0.15) is 0 Å². The van der Waals surface area contributed by atoms with Crippen molar-refractivity contribution in [1.82, 2.24) is 0 Å². The highest BCUT2D eigenvalue weighted by atomic mass is 32.1. The maximum Gasteiger partial charge on any atom is 0.340 e. The minimum absolute atomic E-state index is 0.338. The fourth-order valence-corrected chi connectivity index (χ4v) is 4.22. The van der Waals surface area contributed by atoms with E-state index in [1.165, 1.54) is 12.7 Å². The molecule has 2 heterocycles. The fraction of sp³-hybridized carbons (Fsp3) is 0.333. The van der Waals surface area contributed by atoms with Crippen LogP contribution < -0.4 is 10.2 Å². The van der Waals surface area contributed by atoms with Crippen LogP contribution in [-0.2, 0) is 17.6 Å². The third-order valence-electron chi connectivity index (χ3n) is 4.11. The number of thiophene rings is 1. The Morgan fingerprint density at radius 1 is 1.42 bits per heavy atom. The molecule has 0 fully saturated rings. The molecule has 0 atom stereocenters. The minimum Gasteiger partial charge on any atom is -0.465 e. The zero-order valence-electron chi connectivity index (χ0n) is 13.8. The van der Waals surface area contributed by atoms with Gasteiger partial charge in [-0.25, -0.2) is 4.79 Å². The van der Waals surface area contributed by atoms with E-state index < -0.39 is 0 Å². The number of aryl methyl sites for hydroxylation is 2. The van der Waals surface area contributed by atoms with Crippen LogP contribution in [0.15, 0.2) is 30.3 Å². The molecular formula is C18H20N2O2S2. The number of hydrogen-bond donors (Lipinski definition) is 1. The van der Waals surface area contributed by atoms with Gasteiger partial charge >= 0.3 is 5.97 Å². The highest BCUT2D eigenvalue weighted by Gasteiger charge is 2.22. The molecule has 0 spiro atoms. The van der Waals surface area contributed by atoms with Gasteiger partial charge in [-0.05, 0) is 49.2 Å². The molecule has 1 aliphatic rings. The van der Waals surface area contributed by atoms with Gasteiger partial charge in [0.05, 0.1) is 12.7 Å². The van der Waals surface area contributed by atoms with E-state index >= 15 is 0 Å². The van der Waals surface area contributed by atoms with Crippen molar-refractivity contribution < 1.29 is 9.53 Å². The number of rotatable bonds is 3. The summed E-state index contributed by atoms with van der Waals surface area (Å²) < 4.78 is 4.89. The molecule has 0 aliphatic carbocycles. The summed E-state index contributed by atoms with van der Waals surface area (Å²) in [6.45, 7) is 2.94. The number of methoxy groups -OCH3 is 1. The number of nitrogens with zero attached hydrogens (tertiary/aromatic N) is 1. The number of carbonyl (C=O) groups excluding carboxylic acids is 1. The van der Waals surface area contributed by atoms with Crippen molar-refractivity contribution >= 4 is 45.3 Å². The van der Waals surface area contributed by atoms with Crippen LogP contribution in [0.3, 0.4) is 0 Å². The van der Waals surface area contributed by atoms with Gasteiger partial charge in [0.2, 0.25) is 0 Å². The van der Waals surface area contributed by atoms with Crippen molar-refractivity contribution in [2.24, 2.45) is 0 Å². The summed E-state index contributed by atoms with van der Waals surface area (Å²) in [4.78, 5) is 15.2. The van der Waals surface area contributed by atoms with Gasteiger partial charge in [0.25, 0.3) is 0 Å². The number of esters is 1. The lowest BCUT2D eigenvalue weighted by Gasteiger charge is -2.31. The Morgan fingerprint density at radius 2 is 2.21 bits per heavy atom. The van der Waals surface area contributed by atoms with Crippen LogP contribution >= 0.6 is 23.6 Å². The molecule has 1 aliphatic heterocycles. The van der Waals surface area contributed by atoms with E-state index in [9.17, 15) is 4.79 Å². The van der Waals surface area contributed by atoms with Gasteiger partial charge < -0.3 is 15.0 Å². The van der Waals surface area contributed by atoms with Crippen molar-refractivity contribution in [3.05, 3.63) is 46.3 Å². The van der Waals surface area contributed by atoms with E-state index in [0.717, 1.165) is 41.4 Å². The van der Waals surface area contributed by atoms with E-state index in [1.807, 2.05) is 12.1 Å². The molecule has 1 aromatic carbocycles. The Bertz CT molecular complexity index is 770. The maximum atomic E-state index is 12.0. The minimum atomic E-state index is -0.338. The van der Waals surface area contributed by atoms with Gasteiger partial charge in [0.15, 0.2) is 5.11 Å². The summed E-state index contributed by atoms with van der Waals surface area (Å²) in [6.07, 6.45) is 3.00. The fourth-order valence-electron chi connectivity index (χ4n) is 2.88. The average Bonchev–Trinajstić information content (AvgIpc) is 3.03. The number of para-hydroxylation sites is 1. The van der Waals surface area contributed by atoms with Crippen molar-refractivity contribution in [3.8, 4) is 0 Å². The van der Waals surface area contributed by atoms with E-state index in [4.69, 9.17) is 17.0 Å². The first-order valence-electron chi connectivity index (χ1n) is 8.01. The Morgan fingerprint density at radius 3 is 2.96 bits per heavy atom. The number of hydrogen-bond acceptors (Lipinski definition) is 4. The number of thiocarbonyl (C=S) groups is 1. The van der Waals surface area contributed by atoms with E-state index in [0.29, 0.717) is 10.7 Å². The van der Waals surface area contributed by atoms with E-state index in [1.54, 1.807) is 11.3 Å². The van der Waals surface area contributed by atoms with Crippen LogP contribution in [-0.4, -0.2) is 24.7 Å². The second kappa shape index (κ2) is 7.32. The van der Waals surface area contributed by atoms with Gasteiger partial charge in [-0.1, -0.05) is 25.1 Å². The van der Waals surface area contributed by atoms with Crippen LogP contribution in [0.25, 0.3) is 0 Å². The third kappa shape index (κ3) is 3.30. The number of ether oxygens (including phenoxy) is 1. The molecule has 24 heavy (non-hydrogen) atoms. The summed E-state index contributed by atoms with van der Waals surface area (Å²) in [7, 11) is 1.40. The maximum absolute atomic E-state index is 12.0. The van der Waals surface area contributed by atoms with Crippen LogP contribution in [0.1, 0.15) is 34.1 Å². The second-order valence-electron chi connectivity index (χ2n) is 5.61. The SMILES string of the molecule is CCc1cc(C(=O)OC)c(NC(=S)N2CCCc3ccccc32)s1. The van der Waals surface area contributed by atoms with Crippen LogP contribution in [0.5, 0.6) is 0 Å². The smallest absolute Gasteiger partial charge is 0.340 e. The standard InChI is InChI=1S/C18H20N2O2S2/c1-3-13-11-14(17(21)22-2)16(24-13)19-18(23)20-10-6-8-12-7-4-5-9-15(12)20/h4-5,7,9,11H,3,6,8,10H2,1-2H3,(H,19,23). The van der Waals surface area contributed by atoms with Crippen molar-refractivity contribution in [3.63, 3.8) is 0 Å². The molecule has 0 radical (unpaired) electrons. The van der Waals surface area contributed by atoms with Crippen LogP contribution in [0.2, 0.25) is 0 Å². The molecule has 2 aromatic rings. The molecule has 0 saturated heterocycles. The van der Waals surface area contributed by atoms with E-state index in [-0.39, 0.29) is 5.97 Å². The Kier molecular flexibility index (Phi) is 5.16. The summed E-state index contributed by atoms with van der Waals surface area (Å²) in [5, 5.41) is 4.64. The van der Waals surface area contributed by atoms with Crippen molar-refractivity contribution in [2.75, 3.05) is 23.9 Å². The lowest BCUT2D eigenvalue weighted by molar-refractivity contribution is 0.0602. The molecule has 1 N–H and O–H groups in total. The molecule has 0 amide bonds. The van der Waals surface area contributed by atoms with Crippen LogP contribution in [0.4, 0.5) is 10.7 Å². The first kappa shape index (κ1) is 16.9. The first-order valence-corrected chi connectivity index (χ1v) is 9.24. The summed E-state index contributed by atoms with van der Waals surface area (Å²) in [5.41, 5.74) is 3.00. The highest BCUT2D eigenvalue weighted by molar-refractivity contribution is 7.80. The van der Waals surface area contributed by atoms with Gasteiger partial charge in [-0.15, -0.1) is 11.3 Å². The third-order valence-corrected chi connectivity index (χ3v) is 5.63. The number of fused-ring (bicyclic) bond motifs is 1. The van der Waals surface area contributed by atoms with Gasteiger partial charge in [-0.3, -0.25) is 0 Å². The molecule has 0 bridgehead atoms. The highest BCUT2D eigenvalue weighted by Crippen LogP contribution is 2.32. The number of carbonyl (C=O) groups is 1. The predicted octanol–water partition coefficient (Wildman–Crippen LogP) is 4.25. The monoisotopic (exact) mass is 360 g/mol. The lowest BCUT2D eigenvalue weighted by Crippen LogP contribution is -2.38. The summed E-state index contributed by atoms with van der Waals surface area (Å²) in [6, 6.07) is 10.2. The topological polar surface area (TPSA) is 41.6 Å². The molecule has 0 saturated carbocycles. The summed E-state index contributed by atoms with van der Waals surface area (Å²) in [5.74, 6) is -0.338. The lowest BCUT2D eigenvalue weighted by atomic mass is 10.0. The van der Waals surface area contributed by atoms with Gasteiger partial charge in [0.1, 0.15) is 5.00 Å². The molecule has 3 rings (SSSR count). The quantitative estimate of drug-likeness (QED) is 0.655.